The molecule has 0 spiro atoms. The van der Waals surface area contributed by atoms with Gasteiger partial charge >= 0.3 is 0 Å². The van der Waals surface area contributed by atoms with E-state index in [4.69, 9.17) is 9.47 Å². The number of rotatable bonds is 9. The average molecular weight is 343 g/mol. The molecule has 1 atom stereocenters. The van der Waals surface area contributed by atoms with Gasteiger partial charge in [0.2, 0.25) is 0 Å². The van der Waals surface area contributed by atoms with Crippen LogP contribution in [0.1, 0.15) is 22.8 Å². The van der Waals surface area contributed by atoms with Crippen molar-refractivity contribution < 1.29 is 19.2 Å². The number of benzene rings is 2. The zero-order valence-electron chi connectivity index (χ0n) is 15.2. The number of carbonyl (C=O) groups is 1. The minimum Gasteiger partial charge on any atom is -0.494 e. The number of carbonyl (C=O) groups excluding carboxylic acids is 1. The van der Waals surface area contributed by atoms with Crippen LogP contribution in [-0.4, -0.2) is 39.8 Å². The second-order valence-corrected chi connectivity index (χ2v) is 5.91. The fourth-order valence-corrected chi connectivity index (χ4v) is 2.50. The third-order valence-corrected chi connectivity index (χ3v) is 3.88. The predicted octanol–water partition coefficient (Wildman–Crippen LogP) is 1.54. The molecule has 0 saturated heterocycles. The average Bonchev–Trinajstić information content (AvgIpc) is 2.63. The standard InChI is InChI=1S/C20H26N2O3/c1-4-24-18-9-11-19(12-10-18)25-14-13-22(3)15-16-5-7-17(8-6-16)20(23)21-2/h5-12H,4,13-15H2,1-3H3,(H,21,23)/p+1. The van der Waals surface area contributed by atoms with E-state index < -0.39 is 0 Å². The van der Waals surface area contributed by atoms with Gasteiger partial charge in [-0.05, 0) is 43.3 Å². The fourth-order valence-electron chi connectivity index (χ4n) is 2.50. The maximum Gasteiger partial charge on any atom is 0.251 e. The van der Waals surface area contributed by atoms with E-state index in [0.717, 1.165) is 24.6 Å². The lowest BCUT2D eigenvalue weighted by molar-refractivity contribution is -0.893. The largest absolute Gasteiger partial charge is 0.494 e. The second kappa shape index (κ2) is 9.69. The molecule has 5 nitrogen and oxygen atoms in total. The van der Waals surface area contributed by atoms with Gasteiger partial charge in [-0.15, -0.1) is 0 Å². The molecule has 2 aromatic rings. The van der Waals surface area contributed by atoms with E-state index in [-0.39, 0.29) is 5.91 Å². The van der Waals surface area contributed by atoms with E-state index in [2.05, 4.69) is 12.4 Å². The molecular formula is C20H27N2O3+. The van der Waals surface area contributed by atoms with Gasteiger partial charge in [-0.1, -0.05) is 12.1 Å². The first-order chi connectivity index (χ1) is 12.1. The molecule has 0 aliphatic carbocycles. The first kappa shape index (κ1) is 18.8. The van der Waals surface area contributed by atoms with Gasteiger partial charge in [0.05, 0.1) is 13.7 Å². The van der Waals surface area contributed by atoms with Crippen LogP contribution in [0.2, 0.25) is 0 Å². The molecule has 0 fully saturated rings. The molecule has 2 aromatic carbocycles. The Hall–Kier alpha value is -2.53. The van der Waals surface area contributed by atoms with Gasteiger partial charge in [-0.25, -0.2) is 0 Å². The molecule has 134 valence electrons. The highest BCUT2D eigenvalue weighted by Crippen LogP contribution is 2.17. The summed E-state index contributed by atoms with van der Waals surface area (Å²) in [4.78, 5) is 12.9. The molecule has 5 heteroatoms. The Kier molecular flexibility index (Phi) is 7.29. The van der Waals surface area contributed by atoms with Gasteiger partial charge in [0.25, 0.3) is 5.91 Å². The first-order valence-corrected chi connectivity index (χ1v) is 8.60. The molecular weight excluding hydrogens is 316 g/mol. The number of hydrogen-bond donors (Lipinski definition) is 2. The van der Waals surface area contributed by atoms with Crippen molar-refractivity contribution in [3.8, 4) is 11.5 Å². The maximum atomic E-state index is 11.5. The van der Waals surface area contributed by atoms with Gasteiger partial charge in [-0.3, -0.25) is 4.79 Å². The summed E-state index contributed by atoms with van der Waals surface area (Å²) in [6.45, 7) is 5.06. The van der Waals surface area contributed by atoms with Crippen LogP contribution in [0.4, 0.5) is 0 Å². The second-order valence-electron chi connectivity index (χ2n) is 5.91. The zero-order chi connectivity index (χ0) is 18.1. The lowest BCUT2D eigenvalue weighted by atomic mass is 10.1. The third-order valence-electron chi connectivity index (χ3n) is 3.88. The monoisotopic (exact) mass is 343 g/mol. The Balaban J connectivity index is 1.74. The molecule has 0 heterocycles. The molecule has 25 heavy (non-hydrogen) atoms. The molecule has 0 bridgehead atoms. The summed E-state index contributed by atoms with van der Waals surface area (Å²) in [7, 11) is 3.77. The number of quaternary nitrogens is 1. The normalized spacial score (nSPS) is 11.6. The van der Waals surface area contributed by atoms with Gasteiger partial charge in [0.1, 0.15) is 31.2 Å². The Labute approximate surface area is 149 Å². The summed E-state index contributed by atoms with van der Waals surface area (Å²) in [6, 6.07) is 15.4. The molecule has 0 aromatic heterocycles. The summed E-state index contributed by atoms with van der Waals surface area (Å²) >= 11 is 0. The van der Waals surface area contributed by atoms with Crippen molar-refractivity contribution in [3.05, 3.63) is 59.7 Å². The van der Waals surface area contributed by atoms with Gasteiger partial charge in [-0.2, -0.15) is 0 Å². The van der Waals surface area contributed by atoms with Gasteiger partial charge in [0.15, 0.2) is 0 Å². The van der Waals surface area contributed by atoms with E-state index >= 15 is 0 Å². The van der Waals surface area contributed by atoms with E-state index in [1.807, 2.05) is 55.5 Å². The Morgan fingerprint density at radius 3 is 2.16 bits per heavy atom. The summed E-state index contributed by atoms with van der Waals surface area (Å²) in [6.07, 6.45) is 0. The first-order valence-electron chi connectivity index (χ1n) is 8.60. The Bertz CT molecular complexity index is 654. The van der Waals surface area contributed by atoms with Crippen molar-refractivity contribution >= 4 is 5.91 Å². The smallest absolute Gasteiger partial charge is 0.251 e. The van der Waals surface area contributed by atoms with Crippen LogP contribution in [-0.2, 0) is 6.54 Å². The van der Waals surface area contributed by atoms with Gasteiger partial charge < -0.3 is 19.7 Å². The van der Waals surface area contributed by atoms with E-state index in [9.17, 15) is 4.79 Å². The lowest BCUT2D eigenvalue weighted by Gasteiger charge is -2.15. The highest BCUT2D eigenvalue weighted by atomic mass is 16.5. The lowest BCUT2D eigenvalue weighted by Crippen LogP contribution is -3.08. The number of likely N-dealkylation sites (N-methyl/N-ethyl adjacent to an activating group) is 1. The van der Waals surface area contributed by atoms with E-state index in [0.29, 0.717) is 18.8 Å². The molecule has 1 amide bonds. The maximum absolute atomic E-state index is 11.5. The van der Waals surface area contributed by atoms with Crippen molar-refractivity contribution in [1.29, 1.82) is 0 Å². The Morgan fingerprint density at radius 1 is 1.00 bits per heavy atom. The summed E-state index contributed by atoms with van der Waals surface area (Å²) in [5.74, 6) is 1.65. The number of hydrogen-bond acceptors (Lipinski definition) is 3. The minimum absolute atomic E-state index is 0.0593. The Morgan fingerprint density at radius 2 is 1.60 bits per heavy atom. The molecule has 2 N–H and O–H groups in total. The van der Waals surface area contributed by atoms with Crippen molar-refractivity contribution in [2.45, 2.75) is 13.5 Å². The molecule has 0 saturated carbocycles. The highest BCUT2D eigenvalue weighted by molar-refractivity contribution is 5.93. The molecule has 0 radical (unpaired) electrons. The van der Waals surface area contributed by atoms with Crippen LogP contribution >= 0.6 is 0 Å². The van der Waals surface area contributed by atoms with Crippen molar-refractivity contribution in [1.82, 2.24) is 5.32 Å². The predicted molar refractivity (Wildman–Crippen MR) is 98.4 cm³/mol. The van der Waals surface area contributed by atoms with E-state index in [1.54, 1.807) is 7.05 Å². The van der Waals surface area contributed by atoms with Crippen LogP contribution in [0.25, 0.3) is 0 Å². The van der Waals surface area contributed by atoms with Crippen LogP contribution in [0.15, 0.2) is 48.5 Å². The minimum atomic E-state index is -0.0593. The number of amides is 1. The van der Waals surface area contributed by atoms with Gasteiger partial charge in [0, 0.05) is 18.2 Å². The molecule has 0 aliphatic rings. The number of nitrogens with one attached hydrogen (secondary N) is 2. The third kappa shape index (κ3) is 6.12. The molecule has 1 unspecified atom stereocenters. The fraction of sp³-hybridized carbons (Fsp3) is 0.350. The molecule has 0 aliphatic heterocycles. The van der Waals surface area contributed by atoms with Crippen LogP contribution in [0.3, 0.4) is 0 Å². The number of ether oxygens (including phenoxy) is 2. The SMILES string of the molecule is CCOc1ccc(OCC[NH+](C)Cc2ccc(C(=O)NC)cc2)cc1. The summed E-state index contributed by atoms with van der Waals surface area (Å²) in [5.41, 5.74) is 1.88. The highest BCUT2D eigenvalue weighted by Gasteiger charge is 2.07. The molecule has 2 rings (SSSR count). The van der Waals surface area contributed by atoms with Crippen molar-refractivity contribution in [3.63, 3.8) is 0 Å². The zero-order valence-corrected chi connectivity index (χ0v) is 15.2. The summed E-state index contributed by atoms with van der Waals surface area (Å²) < 4.78 is 11.2. The topological polar surface area (TPSA) is 52.0 Å². The van der Waals surface area contributed by atoms with Crippen LogP contribution in [0.5, 0.6) is 11.5 Å². The quantitative estimate of drug-likeness (QED) is 0.726. The summed E-state index contributed by atoms with van der Waals surface area (Å²) in [5, 5.41) is 2.63. The van der Waals surface area contributed by atoms with Crippen LogP contribution in [0, 0.1) is 0 Å². The van der Waals surface area contributed by atoms with Crippen molar-refractivity contribution in [2.75, 3.05) is 33.9 Å². The van der Waals surface area contributed by atoms with E-state index in [1.165, 1.54) is 10.5 Å². The van der Waals surface area contributed by atoms with Crippen LogP contribution < -0.4 is 19.7 Å². The van der Waals surface area contributed by atoms with Crippen molar-refractivity contribution in [2.24, 2.45) is 0 Å².